The predicted octanol–water partition coefficient (Wildman–Crippen LogP) is 2.39. The Bertz CT molecular complexity index is 568. The maximum atomic E-state index is 8.89. The van der Waals surface area contributed by atoms with E-state index in [0.717, 1.165) is 0 Å². The molecule has 0 fully saturated rings. The van der Waals surface area contributed by atoms with E-state index in [1.165, 1.54) is 0 Å². The zero-order valence-electron chi connectivity index (χ0n) is 15.7. The quantitative estimate of drug-likeness (QED) is 0.297. The molecule has 0 amide bonds. The van der Waals surface area contributed by atoms with Gasteiger partial charge in [-0.25, -0.2) is 0 Å². The van der Waals surface area contributed by atoms with Gasteiger partial charge in [0.15, 0.2) is 0 Å². The molecule has 0 heterocycles. The van der Waals surface area contributed by atoms with E-state index in [2.05, 4.69) is 6.07 Å². The van der Waals surface area contributed by atoms with Crippen molar-refractivity contribution in [3.8, 4) is 24.3 Å². The van der Waals surface area contributed by atoms with Gasteiger partial charge in [-0.15, -0.1) is 0 Å². The highest BCUT2D eigenvalue weighted by Crippen LogP contribution is 2.11. The number of nitrogens with zero attached hydrogens (tertiary/aromatic N) is 4. The fourth-order valence-electron chi connectivity index (χ4n) is 2.06. The minimum atomic E-state index is -0.537. The van der Waals surface area contributed by atoms with E-state index in [1.807, 2.05) is 25.1 Å². The highest BCUT2D eigenvalue weighted by molar-refractivity contribution is 4.93. The van der Waals surface area contributed by atoms with Gasteiger partial charge in [0.1, 0.15) is 12.2 Å². The van der Waals surface area contributed by atoms with Crippen molar-refractivity contribution in [2.45, 2.75) is 50.9 Å². The minimum Gasteiger partial charge on any atom is -0.378 e. The average Bonchev–Trinajstić information content (AvgIpc) is 2.67. The van der Waals surface area contributed by atoms with Crippen molar-refractivity contribution in [3.63, 3.8) is 0 Å². The Hall–Kier alpha value is -2.46. The molecular formula is C19H26N4O4. The van der Waals surface area contributed by atoms with Crippen LogP contribution in [0.4, 0.5) is 0 Å². The van der Waals surface area contributed by atoms with Crippen molar-refractivity contribution in [2.75, 3.05) is 33.0 Å². The SMILES string of the molecule is C/C=C/C(CC#N)OCC(OCCC#N)C(COCCC#N)OCCC#N. The molecule has 146 valence electrons. The number of rotatable bonds is 16. The van der Waals surface area contributed by atoms with Gasteiger partial charge in [-0.1, -0.05) is 12.2 Å². The molecule has 0 aromatic rings. The van der Waals surface area contributed by atoms with E-state index in [-0.39, 0.29) is 64.8 Å². The molecule has 27 heavy (non-hydrogen) atoms. The molecule has 3 atom stereocenters. The topological polar surface area (TPSA) is 132 Å². The molecule has 0 aliphatic heterocycles. The molecule has 0 aliphatic rings. The van der Waals surface area contributed by atoms with Crippen LogP contribution >= 0.6 is 0 Å². The fourth-order valence-corrected chi connectivity index (χ4v) is 2.06. The number of hydrogen-bond donors (Lipinski definition) is 0. The van der Waals surface area contributed by atoms with Gasteiger partial charge in [-0.3, -0.25) is 0 Å². The van der Waals surface area contributed by atoms with Crippen LogP contribution in [0.25, 0.3) is 0 Å². The molecule has 0 saturated carbocycles. The van der Waals surface area contributed by atoms with Crippen LogP contribution in [0.1, 0.15) is 32.6 Å². The van der Waals surface area contributed by atoms with Gasteiger partial charge in [-0.05, 0) is 6.92 Å². The summed E-state index contributed by atoms with van der Waals surface area (Å²) in [5, 5.41) is 34.9. The molecule has 0 radical (unpaired) electrons. The zero-order valence-corrected chi connectivity index (χ0v) is 15.7. The van der Waals surface area contributed by atoms with Crippen LogP contribution in [0.3, 0.4) is 0 Å². The Morgan fingerprint density at radius 1 is 0.741 bits per heavy atom. The summed E-state index contributed by atoms with van der Waals surface area (Å²) in [4.78, 5) is 0. The monoisotopic (exact) mass is 374 g/mol. The summed E-state index contributed by atoms with van der Waals surface area (Å²) in [5.74, 6) is 0. The van der Waals surface area contributed by atoms with E-state index in [4.69, 9.17) is 40.0 Å². The van der Waals surface area contributed by atoms with E-state index in [1.54, 1.807) is 12.2 Å². The Morgan fingerprint density at radius 3 is 1.81 bits per heavy atom. The Balaban J connectivity index is 4.95. The second kappa shape index (κ2) is 18.3. The third-order valence-electron chi connectivity index (χ3n) is 3.32. The smallest absolute Gasteiger partial charge is 0.109 e. The molecule has 0 aliphatic carbocycles. The van der Waals surface area contributed by atoms with Gasteiger partial charge >= 0.3 is 0 Å². The lowest BCUT2D eigenvalue weighted by Crippen LogP contribution is -2.40. The summed E-state index contributed by atoms with van der Waals surface area (Å²) in [6, 6.07) is 8.07. The summed E-state index contributed by atoms with van der Waals surface area (Å²) >= 11 is 0. The first-order valence-electron chi connectivity index (χ1n) is 8.76. The maximum absolute atomic E-state index is 8.89. The second-order valence-corrected chi connectivity index (χ2v) is 5.38. The van der Waals surface area contributed by atoms with Crippen LogP contribution in [0.2, 0.25) is 0 Å². The molecule has 0 aromatic carbocycles. The van der Waals surface area contributed by atoms with Crippen LogP contribution in [-0.2, 0) is 18.9 Å². The predicted molar refractivity (Wildman–Crippen MR) is 95.8 cm³/mol. The lowest BCUT2D eigenvalue weighted by molar-refractivity contribution is -0.129. The first kappa shape index (κ1) is 24.5. The third-order valence-corrected chi connectivity index (χ3v) is 3.32. The highest BCUT2D eigenvalue weighted by atomic mass is 16.6. The Kier molecular flexibility index (Phi) is 16.7. The first-order valence-corrected chi connectivity index (χ1v) is 8.76. The third kappa shape index (κ3) is 13.4. The number of nitriles is 4. The summed E-state index contributed by atoms with van der Waals surface area (Å²) in [5.41, 5.74) is 0. The van der Waals surface area contributed by atoms with Crippen molar-refractivity contribution in [2.24, 2.45) is 0 Å². The van der Waals surface area contributed by atoms with Gasteiger partial charge in [0.05, 0.1) is 89.1 Å². The Morgan fingerprint density at radius 2 is 1.30 bits per heavy atom. The van der Waals surface area contributed by atoms with E-state index in [0.29, 0.717) is 0 Å². The minimum absolute atomic E-state index is 0.140. The number of hydrogen-bond acceptors (Lipinski definition) is 8. The van der Waals surface area contributed by atoms with Crippen molar-refractivity contribution in [1.29, 1.82) is 21.0 Å². The number of ether oxygens (including phenoxy) is 4. The lowest BCUT2D eigenvalue weighted by Gasteiger charge is -2.28. The van der Waals surface area contributed by atoms with E-state index in [9.17, 15) is 0 Å². The lowest BCUT2D eigenvalue weighted by atomic mass is 10.2. The van der Waals surface area contributed by atoms with Gasteiger partial charge in [0, 0.05) is 0 Å². The molecule has 0 N–H and O–H groups in total. The van der Waals surface area contributed by atoms with E-state index >= 15 is 0 Å². The summed E-state index contributed by atoms with van der Waals surface area (Å²) in [6.45, 7) is 2.81. The molecule has 0 rings (SSSR count). The fraction of sp³-hybridized carbons (Fsp3) is 0.684. The first-order chi connectivity index (χ1) is 13.2. The molecule has 8 nitrogen and oxygen atoms in total. The summed E-state index contributed by atoms with van der Waals surface area (Å²) < 4.78 is 22.7. The molecule has 0 saturated heterocycles. The van der Waals surface area contributed by atoms with Crippen molar-refractivity contribution in [3.05, 3.63) is 12.2 Å². The van der Waals surface area contributed by atoms with Crippen molar-refractivity contribution < 1.29 is 18.9 Å². The molecule has 8 heteroatoms. The van der Waals surface area contributed by atoms with Crippen LogP contribution in [0.5, 0.6) is 0 Å². The Labute approximate surface area is 161 Å². The largest absolute Gasteiger partial charge is 0.378 e. The van der Waals surface area contributed by atoms with E-state index < -0.39 is 12.2 Å². The normalized spacial score (nSPS) is 13.8. The second-order valence-electron chi connectivity index (χ2n) is 5.38. The molecule has 0 bridgehead atoms. The zero-order chi connectivity index (χ0) is 20.2. The molecular weight excluding hydrogens is 348 g/mol. The number of allylic oxidation sites excluding steroid dienone is 1. The van der Waals surface area contributed by atoms with Gasteiger partial charge in [0.2, 0.25) is 0 Å². The van der Waals surface area contributed by atoms with Crippen LogP contribution in [-0.4, -0.2) is 51.3 Å². The standard InChI is InChI=1S/C19H26N4O4/c1-2-6-17(7-11-23)27-16-19(26-14-5-10-22)18(25-13-4-9-21)15-24-12-3-8-20/h2,6,17-19H,3-5,7,12-16H2,1H3/b6-2+. The summed E-state index contributed by atoms with van der Waals surface area (Å²) in [7, 11) is 0. The van der Waals surface area contributed by atoms with Gasteiger partial charge in [0.25, 0.3) is 0 Å². The molecule has 0 spiro atoms. The van der Waals surface area contributed by atoms with Crippen LogP contribution in [0.15, 0.2) is 12.2 Å². The van der Waals surface area contributed by atoms with Crippen LogP contribution < -0.4 is 0 Å². The van der Waals surface area contributed by atoms with Gasteiger partial charge < -0.3 is 18.9 Å². The van der Waals surface area contributed by atoms with Crippen molar-refractivity contribution in [1.82, 2.24) is 0 Å². The summed E-state index contributed by atoms with van der Waals surface area (Å²) in [6.07, 6.45) is 3.05. The van der Waals surface area contributed by atoms with Crippen molar-refractivity contribution >= 4 is 0 Å². The van der Waals surface area contributed by atoms with Gasteiger partial charge in [-0.2, -0.15) is 21.0 Å². The molecule has 3 unspecified atom stereocenters. The highest BCUT2D eigenvalue weighted by Gasteiger charge is 2.25. The average molecular weight is 374 g/mol. The van der Waals surface area contributed by atoms with Crippen LogP contribution in [0, 0.1) is 45.3 Å². The molecule has 0 aromatic heterocycles. The maximum Gasteiger partial charge on any atom is 0.109 e.